The van der Waals surface area contributed by atoms with Crippen molar-refractivity contribution in [2.45, 2.75) is 45.1 Å². The lowest BCUT2D eigenvalue weighted by Gasteiger charge is -2.36. The molecule has 0 atom stereocenters. The second kappa shape index (κ2) is 6.46. The molecule has 15 heavy (non-hydrogen) atoms. The molecule has 3 nitrogen and oxygen atoms in total. The van der Waals surface area contributed by atoms with Crippen molar-refractivity contribution >= 4 is 0 Å². The summed E-state index contributed by atoms with van der Waals surface area (Å²) < 4.78 is 5.03. The van der Waals surface area contributed by atoms with E-state index in [1.165, 1.54) is 25.7 Å². The minimum Gasteiger partial charge on any atom is -0.385 e. The van der Waals surface area contributed by atoms with E-state index < -0.39 is 0 Å². The third-order valence-corrected chi connectivity index (χ3v) is 3.64. The van der Waals surface area contributed by atoms with Crippen LogP contribution in [0.15, 0.2) is 0 Å². The summed E-state index contributed by atoms with van der Waals surface area (Å²) in [4.78, 5) is 0. The minimum atomic E-state index is 0.407. The standard InChI is InChI=1S/C12H26N2O/c1-12(10-13)6-4-11(5-7-12)14-8-3-9-15-2/h11,14H,3-10,13H2,1-2H3. The number of ether oxygens (including phenoxy) is 1. The van der Waals surface area contributed by atoms with Gasteiger partial charge in [-0.1, -0.05) is 6.92 Å². The third kappa shape index (κ3) is 4.49. The van der Waals surface area contributed by atoms with Gasteiger partial charge in [0.05, 0.1) is 0 Å². The molecular formula is C12H26N2O. The molecule has 0 radical (unpaired) electrons. The highest BCUT2D eigenvalue weighted by molar-refractivity contribution is 4.85. The van der Waals surface area contributed by atoms with Gasteiger partial charge in [-0.15, -0.1) is 0 Å². The van der Waals surface area contributed by atoms with E-state index in [0.29, 0.717) is 11.5 Å². The molecule has 1 aliphatic carbocycles. The van der Waals surface area contributed by atoms with Crippen molar-refractivity contribution in [3.8, 4) is 0 Å². The molecule has 0 spiro atoms. The molecule has 1 aliphatic rings. The van der Waals surface area contributed by atoms with Gasteiger partial charge in [-0.2, -0.15) is 0 Å². The highest BCUT2D eigenvalue weighted by atomic mass is 16.5. The van der Waals surface area contributed by atoms with E-state index in [1.807, 2.05) is 0 Å². The molecule has 0 unspecified atom stereocenters. The maximum Gasteiger partial charge on any atom is 0.0474 e. The molecule has 1 saturated carbocycles. The monoisotopic (exact) mass is 214 g/mol. The molecule has 0 aromatic rings. The Bertz CT molecular complexity index is 165. The zero-order valence-corrected chi connectivity index (χ0v) is 10.2. The van der Waals surface area contributed by atoms with Crippen molar-refractivity contribution in [2.75, 3.05) is 26.8 Å². The van der Waals surface area contributed by atoms with Crippen LogP contribution in [0.5, 0.6) is 0 Å². The SMILES string of the molecule is COCCCNC1CCC(C)(CN)CC1. The Morgan fingerprint density at radius 2 is 2.07 bits per heavy atom. The fraction of sp³-hybridized carbons (Fsp3) is 1.00. The van der Waals surface area contributed by atoms with E-state index in [1.54, 1.807) is 7.11 Å². The van der Waals surface area contributed by atoms with Gasteiger partial charge < -0.3 is 15.8 Å². The first-order chi connectivity index (χ1) is 7.20. The fourth-order valence-electron chi connectivity index (χ4n) is 2.25. The summed E-state index contributed by atoms with van der Waals surface area (Å²) in [5, 5.41) is 3.60. The molecule has 0 aromatic heterocycles. The summed E-state index contributed by atoms with van der Waals surface area (Å²) in [6, 6.07) is 0.710. The largest absolute Gasteiger partial charge is 0.385 e. The topological polar surface area (TPSA) is 47.3 Å². The van der Waals surface area contributed by atoms with Crippen LogP contribution in [0.25, 0.3) is 0 Å². The minimum absolute atomic E-state index is 0.407. The van der Waals surface area contributed by atoms with E-state index in [9.17, 15) is 0 Å². The first-order valence-corrected chi connectivity index (χ1v) is 6.12. The van der Waals surface area contributed by atoms with E-state index >= 15 is 0 Å². The molecule has 1 rings (SSSR count). The molecule has 0 heterocycles. The number of methoxy groups -OCH3 is 1. The highest BCUT2D eigenvalue weighted by Crippen LogP contribution is 2.34. The number of hydrogen-bond donors (Lipinski definition) is 2. The van der Waals surface area contributed by atoms with Crippen molar-refractivity contribution in [1.82, 2.24) is 5.32 Å². The molecule has 0 bridgehead atoms. The van der Waals surface area contributed by atoms with Crippen LogP contribution in [0, 0.1) is 5.41 Å². The van der Waals surface area contributed by atoms with Crippen LogP contribution in [-0.2, 0) is 4.74 Å². The van der Waals surface area contributed by atoms with Crippen molar-refractivity contribution in [1.29, 1.82) is 0 Å². The first kappa shape index (κ1) is 12.9. The number of nitrogens with one attached hydrogen (secondary N) is 1. The van der Waals surface area contributed by atoms with Gasteiger partial charge in [-0.25, -0.2) is 0 Å². The predicted molar refractivity (Wildman–Crippen MR) is 63.9 cm³/mol. The normalized spacial score (nSPS) is 31.8. The summed E-state index contributed by atoms with van der Waals surface area (Å²) in [6.45, 7) is 5.09. The average Bonchev–Trinajstić information content (AvgIpc) is 2.27. The lowest BCUT2D eigenvalue weighted by molar-refractivity contribution is 0.177. The van der Waals surface area contributed by atoms with Gasteiger partial charge in [0.15, 0.2) is 0 Å². The van der Waals surface area contributed by atoms with Gasteiger partial charge in [0.2, 0.25) is 0 Å². The molecule has 3 heteroatoms. The Hall–Kier alpha value is -0.120. The van der Waals surface area contributed by atoms with Crippen LogP contribution in [0.2, 0.25) is 0 Å². The summed E-state index contributed by atoms with van der Waals surface area (Å²) >= 11 is 0. The molecule has 0 saturated heterocycles. The number of nitrogens with two attached hydrogens (primary N) is 1. The van der Waals surface area contributed by atoms with Crippen LogP contribution >= 0.6 is 0 Å². The number of rotatable bonds is 6. The smallest absolute Gasteiger partial charge is 0.0474 e. The Labute approximate surface area is 93.8 Å². The maximum atomic E-state index is 5.79. The van der Waals surface area contributed by atoms with Gasteiger partial charge >= 0.3 is 0 Å². The summed E-state index contributed by atoms with van der Waals surface area (Å²) in [7, 11) is 1.76. The van der Waals surface area contributed by atoms with E-state index in [2.05, 4.69) is 12.2 Å². The summed E-state index contributed by atoms with van der Waals surface area (Å²) in [5.74, 6) is 0. The van der Waals surface area contributed by atoms with E-state index in [4.69, 9.17) is 10.5 Å². The Kier molecular flexibility index (Phi) is 5.58. The van der Waals surface area contributed by atoms with Crippen molar-refractivity contribution < 1.29 is 4.74 Å². The van der Waals surface area contributed by atoms with Crippen LogP contribution < -0.4 is 11.1 Å². The van der Waals surface area contributed by atoms with Crippen molar-refractivity contribution in [3.63, 3.8) is 0 Å². The molecule has 3 N–H and O–H groups in total. The van der Waals surface area contributed by atoms with Crippen LogP contribution in [-0.4, -0.2) is 32.8 Å². The lowest BCUT2D eigenvalue weighted by Crippen LogP contribution is -2.40. The van der Waals surface area contributed by atoms with E-state index in [0.717, 1.165) is 26.1 Å². The molecular weight excluding hydrogens is 188 g/mol. The fourth-order valence-corrected chi connectivity index (χ4v) is 2.25. The van der Waals surface area contributed by atoms with Crippen LogP contribution in [0.3, 0.4) is 0 Å². The third-order valence-electron chi connectivity index (χ3n) is 3.64. The lowest BCUT2D eigenvalue weighted by atomic mass is 9.74. The first-order valence-electron chi connectivity index (χ1n) is 6.12. The predicted octanol–water partition coefficient (Wildman–Crippen LogP) is 1.52. The zero-order chi connectivity index (χ0) is 11.1. The van der Waals surface area contributed by atoms with Crippen molar-refractivity contribution in [2.24, 2.45) is 11.1 Å². The second-order valence-electron chi connectivity index (χ2n) is 5.09. The Balaban J connectivity index is 2.09. The summed E-state index contributed by atoms with van der Waals surface area (Å²) in [5.41, 5.74) is 6.19. The molecule has 0 aliphatic heterocycles. The van der Waals surface area contributed by atoms with Gasteiger partial charge in [-0.05, 0) is 50.6 Å². The molecule has 0 aromatic carbocycles. The number of hydrogen-bond acceptors (Lipinski definition) is 3. The molecule has 0 amide bonds. The van der Waals surface area contributed by atoms with Crippen LogP contribution in [0.1, 0.15) is 39.0 Å². The molecule has 1 fully saturated rings. The average molecular weight is 214 g/mol. The quantitative estimate of drug-likeness (QED) is 0.659. The second-order valence-corrected chi connectivity index (χ2v) is 5.09. The zero-order valence-electron chi connectivity index (χ0n) is 10.2. The van der Waals surface area contributed by atoms with Gasteiger partial charge in [0, 0.05) is 19.8 Å². The van der Waals surface area contributed by atoms with E-state index in [-0.39, 0.29) is 0 Å². The van der Waals surface area contributed by atoms with Crippen LogP contribution in [0.4, 0.5) is 0 Å². The van der Waals surface area contributed by atoms with Gasteiger partial charge in [-0.3, -0.25) is 0 Å². The maximum absolute atomic E-state index is 5.79. The Morgan fingerprint density at radius 1 is 1.40 bits per heavy atom. The highest BCUT2D eigenvalue weighted by Gasteiger charge is 2.29. The summed E-state index contributed by atoms with van der Waals surface area (Å²) in [6.07, 6.45) is 6.21. The van der Waals surface area contributed by atoms with Gasteiger partial charge in [0.25, 0.3) is 0 Å². The van der Waals surface area contributed by atoms with Gasteiger partial charge in [0.1, 0.15) is 0 Å². The van der Waals surface area contributed by atoms with Crippen molar-refractivity contribution in [3.05, 3.63) is 0 Å². The Morgan fingerprint density at radius 3 is 2.60 bits per heavy atom. The molecule has 90 valence electrons.